The van der Waals surface area contributed by atoms with E-state index in [9.17, 15) is 0 Å². The Morgan fingerprint density at radius 3 is 1.71 bits per heavy atom. The van der Waals surface area contributed by atoms with E-state index in [0.29, 0.717) is 17.5 Å². The van der Waals surface area contributed by atoms with Crippen LogP contribution in [0, 0.1) is 0 Å². The van der Waals surface area contributed by atoms with Gasteiger partial charge in [0.05, 0.1) is 0 Å². The third kappa shape index (κ3) is 4.49. The van der Waals surface area contributed by atoms with E-state index in [-0.39, 0.29) is 0 Å². The zero-order valence-corrected chi connectivity index (χ0v) is 26.3. The Balaban J connectivity index is 1.17. The second-order valence-electron chi connectivity index (χ2n) is 12.4. The van der Waals surface area contributed by atoms with Crippen molar-refractivity contribution in [2.75, 3.05) is 0 Å². The molecule has 0 radical (unpaired) electrons. The second-order valence-corrected chi connectivity index (χ2v) is 12.4. The number of hydrogen-bond acceptors (Lipinski definition) is 4. The van der Waals surface area contributed by atoms with Crippen molar-refractivity contribution in [3.05, 3.63) is 164 Å². The average Bonchev–Trinajstić information content (AvgIpc) is 3.57. The van der Waals surface area contributed by atoms with Gasteiger partial charge in [-0.3, -0.25) is 0 Å². The monoisotopic (exact) mass is 625 g/mol. The summed E-state index contributed by atoms with van der Waals surface area (Å²) in [5.41, 5.74) is 6.57. The van der Waals surface area contributed by atoms with E-state index in [1.807, 2.05) is 72.8 Å². The van der Waals surface area contributed by atoms with Crippen molar-refractivity contribution in [2.24, 2.45) is 0 Å². The molecule has 0 aliphatic rings. The van der Waals surface area contributed by atoms with Gasteiger partial charge in [0.15, 0.2) is 17.5 Å². The molecule has 0 atom stereocenters. The lowest BCUT2D eigenvalue weighted by atomic mass is 9.93. The minimum Gasteiger partial charge on any atom is -0.455 e. The van der Waals surface area contributed by atoms with Gasteiger partial charge in [0.2, 0.25) is 0 Å². The summed E-state index contributed by atoms with van der Waals surface area (Å²) in [5.74, 6) is 1.87. The van der Waals surface area contributed by atoms with E-state index in [1.54, 1.807) is 0 Å². The molecule has 0 aliphatic heterocycles. The largest absolute Gasteiger partial charge is 0.455 e. The molecule has 2 aromatic heterocycles. The predicted molar refractivity (Wildman–Crippen MR) is 201 cm³/mol. The van der Waals surface area contributed by atoms with Gasteiger partial charge < -0.3 is 4.42 Å². The molecule has 10 rings (SSSR count). The number of furan rings is 1. The summed E-state index contributed by atoms with van der Waals surface area (Å²) in [6.45, 7) is 0. The zero-order valence-electron chi connectivity index (χ0n) is 26.3. The number of aromatic nitrogens is 3. The standard InChI is InChI=1S/C45H27N3O/c1-3-12-30(13-4-1)43-46-44(31-14-5-2-6-15-31)48-45(47-43)38-19-10-20-39-41(38)37-18-9-17-36(42(37)49-39)33-25-26-35-32(27-33)24-23-29-22-21-28-11-7-8-16-34(28)40(29)35/h1-27H. The Labute approximate surface area is 282 Å². The van der Waals surface area contributed by atoms with Gasteiger partial charge in [0.1, 0.15) is 11.2 Å². The molecule has 4 nitrogen and oxygen atoms in total. The molecule has 0 bridgehead atoms. The molecule has 0 spiro atoms. The molecule has 2 heterocycles. The van der Waals surface area contributed by atoms with Crippen LogP contribution in [0.1, 0.15) is 0 Å². The highest BCUT2D eigenvalue weighted by atomic mass is 16.3. The normalized spacial score (nSPS) is 11.7. The van der Waals surface area contributed by atoms with Gasteiger partial charge in [0, 0.05) is 33.0 Å². The Kier molecular flexibility index (Phi) is 6.15. The molecule has 49 heavy (non-hydrogen) atoms. The number of fused-ring (bicyclic) bond motifs is 8. The van der Waals surface area contributed by atoms with Crippen LogP contribution in [0.4, 0.5) is 0 Å². The minimum atomic E-state index is 0.608. The summed E-state index contributed by atoms with van der Waals surface area (Å²) in [6.07, 6.45) is 0. The Bertz CT molecular complexity index is 2820. The van der Waals surface area contributed by atoms with Gasteiger partial charge in [-0.05, 0) is 50.0 Å². The maximum atomic E-state index is 6.70. The smallest absolute Gasteiger partial charge is 0.164 e. The van der Waals surface area contributed by atoms with Crippen LogP contribution >= 0.6 is 0 Å². The highest BCUT2D eigenvalue weighted by Gasteiger charge is 2.19. The molecule has 10 aromatic rings. The maximum absolute atomic E-state index is 6.70. The molecular formula is C45H27N3O. The Morgan fingerprint density at radius 1 is 0.347 bits per heavy atom. The fraction of sp³-hybridized carbons (Fsp3) is 0. The summed E-state index contributed by atoms with van der Waals surface area (Å²) in [7, 11) is 0. The van der Waals surface area contributed by atoms with Crippen LogP contribution in [0.3, 0.4) is 0 Å². The Hall–Kier alpha value is -6.65. The van der Waals surface area contributed by atoms with E-state index in [2.05, 4.69) is 91.0 Å². The molecular weight excluding hydrogens is 599 g/mol. The SMILES string of the molecule is c1ccc(-c2nc(-c3ccccc3)nc(-c3cccc4oc5c(-c6ccc7c(ccc8ccc9ccccc9c87)c6)cccc5c34)n2)cc1. The van der Waals surface area contributed by atoms with Crippen LogP contribution in [0.2, 0.25) is 0 Å². The van der Waals surface area contributed by atoms with Crippen LogP contribution < -0.4 is 0 Å². The van der Waals surface area contributed by atoms with E-state index < -0.39 is 0 Å². The fourth-order valence-corrected chi connectivity index (χ4v) is 7.19. The molecule has 0 unspecified atom stereocenters. The van der Waals surface area contributed by atoms with Crippen LogP contribution in [0.25, 0.3) is 99.5 Å². The van der Waals surface area contributed by atoms with Crippen LogP contribution in [-0.2, 0) is 0 Å². The van der Waals surface area contributed by atoms with Gasteiger partial charge in [-0.2, -0.15) is 0 Å². The highest BCUT2D eigenvalue weighted by molar-refractivity contribution is 6.21. The lowest BCUT2D eigenvalue weighted by Gasteiger charge is -2.10. The molecule has 228 valence electrons. The molecule has 0 saturated heterocycles. The zero-order chi connectivity index (χ0) is 32.3. The van der Waals surface area contributed by atoms with Gasteiger partial charge in [0.25, 0.3) is 0 Å². The lowest BCUT2D eigenvalue weighted by molar-refractivity contribution is 0.670. The number of rotatable bonds is 4. The first-order valence-electron chi connectivity index (χ1n) is 16.4. The predicted octanol–water partition coefficient (Wildman–Crippen LogP) is 11.9. The molecule has 0 saturated carbocycles. The molecule has 0 aliphatic carbocycles. The van der Waals surface area contributed by atoms with E-state index >= 15 is 0 Å². The van der Waals surface area contributed by atoms with Crippen molar-refractivity contribution in [3.8, 4) is 45.3 Å². The number of para-hydroxylation sites is 1. The molecule has 4 heteroatoms. The Morgan fingerprint density at radius 2 is 0.939 bits per heavy atom. The van der Waals surface area contributed by atoms with Crippen molar-refractivity contribution in [1.29, 1.82) is 0 Å². The molecule has 0 amide bonds. The number of nitrogens with zero attached hydrogens (tertiary/aromatic N) is 3. The maximum Gasteiger partial charge on any atom is 0.164 e. The van der Waals surface area contributed by atoms with Crippen molar-refractivity contribution in [1.82, 2.24) is 15.0 Å². The van der Waals surface area contributed by atoms with Crippen molar-refractivity contribution >= 4 is 54.3 Å². The highest BCUT2D eigenvalue weighted by Crippen LogP contribution is 2.41. The van der Waals surface area contributed by atoms with Gasteiger partial charge in [-0.1, -0.05) is 152 Å². The van der Waals surface area contributed by atoms with Gasteiger partial charge in [-0.15, -0.1) is 0 Å². The molecule has 0 fully saturated rings. The third-order valence-electron chi connectivity index (χ3n) is 9.50. The van der Waals surface area contributed by atoms with Gasteiger partial charge in [-0.25, -0.2) is 15.0 Å². The summed E-state index contributed by atoms with van der Waals surface area (Å²) in [6, 6.07) is 56.9. The van der Waals surface area contributed by atoms with Crippen LogP contribution in [-0.4, -0.2) is 15.0 Å². The first-order chi connectivity index (χ1) is 24.3. The van der Waals surface area contributed by atoms with E-state index in [1.165, 1.54) is 32.3 Å². The van der Waals surface area contributed by atoms with Gasteiger partial charge >= 0.3 is 0 Å². The van der Waals surface area contributed by atoms with Crippen LogP contribution in [0.5, 0.6) is 0 Å². The summed E-state index contributed by atoms with van der Waals surface area (Å²) < 4.78 is 6.70. The van der Waals surface area contributed by atoms with Crippen molar-refractivity contribution in [3.63, 3.8) is 0 Å². The van der Waals surface area contributed by atoms with Crippen molar-refractivity contribution < 1.29 is 4.42 Å². The minimum absolute atomic E-state index is 0.608. The molecule has 8 aromatic carbocycles. The first kappa shape index (κ1) is 27.5. The summed E-state index contributed by atoms with van der Waals surface area (Å²) in [4.78, 5) is 15.0. The first-order valence-corrected chi connectivity index (χ1v) is 16.4. The van der Waals surface area contributed by atoms with E-state index in [4.69, 9.17) is 19.4 Å². The van der Waals surface area contributed by atoms with Crippen LogP contribution in [0.15, 0.2) is 168 Å². The topological polar surface area (TPSA) is 51.8 Å². The average molecular weight is 626 g/mol. The quantitative estimate of drug-likeness (QED) is 0.183. The third-order valence-corrected chi connectivity index (χ3v) is 9.50. The summed E-state index contributed by atoms with van der Waals surface area (Å²) >= 11 is 0. The van der Waals surface area contributed by atoms with Crippen molar-refractivity contribution in [2.45, 2.75) is 0 Å². The fourth-order valence-electron chi connectivity index (χ4n) is 7.19. The van der Waals surface area contributed by atoms with E-state index in [0.717, 1.165) is 49.8 Å². The second kappa shape index (κ2) is 11.0. The lowest BCUT2D eigenvalue weighted by Crippen LogP contribution is -2.00. The number of benzene rings is 8. The molecule has 0 N–H and O–H groups in total. The number of hydrogen-bond donors (Lipinski definition) is 0. The summed E-state index contributed by atoms with van der Waals surface area (Å²) in [5, 5.41) is 9.51.